The molecule has 0 unspecified atom stereocenters. The van der Waals surface area contributed by atoms with Crippen molar-refractivity contribution in [3.63, 3.8) is 0 Å². The third-order valence-corrected chi connectivity index (χ3v) is 4.50. The standard InChI is InChI=1S/C18H20ClN5O2/c1-11-7-14(8-12(2)17(11)19)26-10-24-6-5-15(22-24)18(25)20-16-9-23(4)21-13(16)3/h5-9H,10H2,1-4H3,(H,20,25). The van der Waals surface area contributed by atoms with E-state index in [1.54, 1.807) is 34.9 Å². The van der Waals surface area contributed by atoms with Gasteiger partial charge in [0.1, 0.15) is 5.75 Å². The number of benzene rings is 1. The highest BCUT2D eigenvalue weighted by atomic mass is 35.5. The Labute approximate surface area is 156 Å². The number of carbonyl (C=O) groups is 1. The Bertz CT molecular complexity index is 937. The number of hydrogen-bond donors (Lipinski definition) is 1. The zero-order valence-corrected chi connectivity index (χ0v) is 15.8. The first-order chi connectivity index (χ1) is 12.3. The fourth-order valence-corrected chi connectivity index (χ4v) is 2.70. The number of aromatic nitrogens is 4. The zero-order chi connectivity index (χ0) is 18.8. The van der Waals surface area contributed by atoms with E-state index >= 15 is 0 Å². The number of rotatable bonds is 5. The zero-order valence-electron chi connectivity index (χ0n) is 15.1. The lowest BCUT2D eigenvalue weighted by atomic mass is 10.1. The van der Waals surface area contributed by atoms with Crippen molar-refractivity contribution in [3.8, 4) is 5.75 Å². The van der Waals surface area contributed by atoms with E-state index in [0.29, 0.717) is 17.1 Å². The minimum atomic E-state index is -0.293. The van der Waals surface area contributed by atoms with Gasteiger partial charge in [-0.05, 0) is 50.1 Å². The van der Waals surface area contributed by atoms with Gasteiger partial charge in [-0.3, -0.25) is 9.48 Å². The highest BCUT2D eigenvalue weighted by molar-refractivity contribution is 6.32. The van der Waals surface area contributed by atoms with E-state index in [-0.39, 0.29) is 12.6 Å². The minimum Gasteiger partial charge on any atom is -0.471 e. The molecule has 0 aliphatic rings. The average molecular weight is 374 g/mol. The van der Waals surface area contributed by atoms with E-state index < -0.39 is 0 Å². The van der Waals surface area contributed by atoms with Gasteiger partial charge in [0.15, 0.2) is 12.4 Å². The van der Waals surface area contributed by atoms with Crippen LogP contribution in [0.25, 0.3) is 0 Å². The van der Waals surface area contributed by atoms with Crippen LogP contribution in [0.15, 0.2) is 30.6 Å². The van der Waals surface area contributed by atoms with Crippen molar-refractivity contribution in [1.82, 2.24) is 19.6 Å². The number of ether oxygens (including phenoxy) is 1. The Kier molecular flexibility index (Phi) is 4.99. The molecule has 1 amide bonds. The maximum atomic E-state index is 12.3. The topological polar surface area (TPSA) is 74.0 Å². The summed E-state index contributed by atoms with van der Waals surface area (Å²) >= 11 is 6.16. The summed E-state index contributed by atoms with van der Waals surface area (Å²) in [4.78, 5) is 12.3. The molecular weight excluding hydrogens is 354 g/mol. The number of carbonyl (C=O) groups excluding carboxylic acids is 1. The molecule has 3 aromatic rings. The molecule has 26 heavy (non-hydrogen) atoms. The van der Waals surface area contributed by atoms with Crippen LogP contribution in [0.1, 0.15) is 27.3 Å². The third kappa shape index (κ3) is 3.88. The lowest BCUT2D eigenvalue weighted by molar-refractivity contribution is 0.102. The lowest BCUT2D eigenvalue weighted by Gasteiger charge is -2.10. The Morgan fingerprint density at radius 1 is 1.23 bits per heavy atom. The summed E-state index contributed by atoms with van der Waals surface area (Å²) < 4.78 is 8.95. The summed E-state index contributed by atoms with van der Waals surface area (Å²) in [6.45, 7) is 5.88. The van der Waals surface area contributed by atoms with Crippen molar-refractivity contribution in [2.75, 3.05) is 5.32 Å². The smallest absolute Gasteiger partial charge is 0.276 e. The van der Waals surface area contributed by atoms with Gasteiger partial charge in [-0.15, -0.1) is 0 Å². The molecular formula is C18H20ClN5O2. The summed E-state index contributed by atoms with van der Waals surface area (Å²) in [7, 11) is 1.80. The van der Waals surface area contributed by atoms with Crippen molar-refractivity contribution in [2.45, 2.75) is 27.5 Å². The molecule has 0 bridgehead atoms. The van der Waals surface area contributed by atoms with Crippen LogP contribution in [0, 0.1) is 20.8 Å². The number of nitrogens with zero attached hydrogens (tertiary/aromatic N) is 4. The van der Waals surface area contributed by atoms with Crippen molar-refractivity contribution in [2.24, 2.45) is 7.05 Å². The second-order valence-electron chi connectivity index (χ2n) is 6.14. The van der Waals surface area contributed by atoms with Crippen molar-refractivity contribution < 1.29 is 9.53 Å². The van der Waals surface area contributed by atoms with E-state index in [0.717, 1.165) is 21.8 Å². The summed E-state index contributed by atoms with van der Waals surface area (Å²) in [5, 5.41) is 12.0. The Morgan fingerprint density at radius 2 is 1.92 bits per heavy atom. The van der Waals surface area contributed by atoms with Gasteiger partial charge in [0.2, 0.25) is 0 Å². The van der Waals surface area contributed by atoms with Gasteiger partial charge in [0.05, 0.1) is 11.4 Å². The van der Waals surface area contributed by atoms with Crippen LogP contribution >= 0.6 is 11.6 Å². The molecule has 0 saturated carbocycles. The summed E-state index contributed by atoms with van der Waals surface area (Å²) in [5.74, 6) is 0.412. The Hall–Kier alpha value is -2.80. The van der Waals surface area contributed by atoms with Gasteiger partial charge in [-0.2, -0.15) is 10.2 Å². The molecule has 3 rings (SSSR count). The van der Waals surface area contributed by atoms with Crippen LogP contribution in [0.4, 0.5) is 5.69 Å². The minimum absolute atomic E-state index is 0.194. The molecule has 2 heterocycles. The number of halogens is 1. The van der Waals surface area contributed by atoms with Gasteiger partial charge in [0, 0.05) is 24.5 Å². The monoisotopic (exact) mass is 373 g/mol. The quantitative estimate of drug-likeness (QED) is 0.743. The van der Waals surface area contributed by atoms with Gasteiger partial charge in [0.25, 0.3) is 5.91 Å². The molecule has 0 saturated heterocycles. The van der Waals surface area contributed by atoms with Crippen LogP contribution in [0.2, 0.25) is 5.02 Å². The van der Waals surface area contributed by atoms with E-state index in [2.05, 4.69) is 15.5 Å². The van der Waals surface area contributed by atoms with Crippen LogP contribution in [0.5, 0.6) is 5.75 Å². The predicted molar refractivity (Wildman–Crippen MR) is 99.7 cm³/mol. The molecule has 1 aromatic carbocycles. The summed E-state index contributed by atoms with van der Waals surface area (Å²) in [6.07, 6.45) is 3.44. The molecule has 0 spiro atoms. The second-order valence-corrected chi connectivity index (χ2v) is 6.52. The highest BCUT2D eigenvalue weighted by Gasteiger charge is 2.13. The fraction of sp³-hybridized carbons (Fsp3) is 0.278. The molecule has 0 aliphatic heterocycles. The molecule has 8 heteroatoms. The van der Waals surface area contributed by atoms with Gasteiger partial charge in [-0.1, -0.05) is 11.6 Å². The van der Waals surface area contributed by atoms with Crippen molar-refractivity contribution in [3.05, 3.63) is 58.1 Å². The molecule has 0 aliphatic carbocycles. The first-order valence-electron chi connectivity index (χ1n) is 8.08. The molecule has 2 aromatic heterocycles. The number of anilines is 1. The van der Waals surface area contributed by atoms with Crippen molar-refractivity contribution in [1.29, 1.82) is 0 Å². The summed E-state index contributed by atoms with van der Waals surface area (Å²) in [6, 6.07) is 5.39. The molecule has 0 radical (unpaired) electrons. The largest absolute Gasteiger partial charge is 0.471 e. The first kappa shape index (κ1) is 18.0. The Balaban J connectivity index is 1.64. The van der Waals surface area contributed by atoms with Gasteiger partial charge < -0.3 is 10.1 Å². The fourth-order valence-electron chi connectivity index (χ4n) is 2.59. The van der Waals surface area contributed by atoms with Crippen LogP contribution in [-0.4, -0.2) is 25.5 Å². The van der Waals surface area contributed by atoms with Gasteiger partial charge in [-0.25, -0.2) is 4.68 Å². The maximum absolute atomic E-state index is 12.3. The van der Waals surface area contributed by atoms with Crippen LogP contribution < -0.4 is 10.1 Å². The van der Waals surface area contributed by atoms with E-state index in [1.165, 1.54) is 0 Å². The number of hydrogen-bond acceptors (Lipinski definition) is 4. The van der Waals surface area contributed by atoms with E-state index in [4.69, 9.17) is 16.3 Å². The molecule has 1 N–H and O–H groups in total. The SMILES string of the molecule is Cc1cc(OCn2ccc(C(=O)Nc3cn(C)nc3C)n2)cc(C)c1Cl. The highest BCUT2D eigenvalue weighted by Crippen LogP contribution is 2.26. The molecule has 136 valence electrons. The van der Waals surface area contributed by atoms with E-state index in [9.17, 15) is 4.79 Å². The van der Waals surface area contributed by atoms with Crippen LogP contribution in [-0.2, 0) is 13.8 Å². The predicted octanol–water partition coefficient (Wildman–Crippen LogP) is 3.48. The van der Waals surface area contributed by atoms with Crippen molar-refractivity contribution >= 4 is 23.2 Å². The number of amides is 1. The normalized spacial score (nSPS) is 10.8. The third-order valence-electron chi connectivity index (χ3n) is 3.91. The van der Waals surface area contributed by atoms with E-state index in [1.807, 2.05) is 32.9 Å². The molecule has 7 nitrogen and oxygen atoms in total. The van der Waals surface area contributed by atoms with Crippen LogP contribution in [0.3, 0.4) is 0 Å². The summed E-state index contributed by atoms with van der Waals surface area (Å²) in [5.41, 5.74) is 3.62. The average Bonchev–Trinajstić information content (AvgIpc) is 3.17. The first-order valence-corrected chi connectivity index (χ1v) is 8.46. The second kappa shape index (κ2) is 7.21. The maximum Gasteiger partial charge on any atom is 0.276 e. The number of aryl methyl sites for hydroxylation is 4. The number of nitrogens with one attached hydrogen (secondary N) is 1. The Morgan fingerprint density at radius 3 is 2.54 bits per heavy atom. The van der Waals surface area contributed by atoms with Gasteiger partial charge >= 0.3 is 0 Å². The molecule has 0 atom stereocenters. The lowest BCUT2D eigenvalue weighted by Crippen LogP contribution is -2.14. The molecule has 0 fully saturated rings.